The molecule has 0 spiro atoms. The highest BCUT2D eigenvalue weighted by Gasteiger charge is 2.48. The maximum Gasteiger partial charge on any atom is 0.174 e. The van der Waals surface area contributed by atoms with Gasteiger partial charge in [-0.15, -0.1) is 0 Å². The lowest BCUT2D eigenvalue weighted by Crippen LogP contribution is -2.39. The first-order chi connectivity index (χ1) is 12.2. The minimum atomic E-state index is -1.52. The monoisotopic (exact) mass is 353 g/mol. The number of alkyl halides is 1. The fourth-order valence-electron chi connectivity index (χ4n) is 3.28. The number of aromatic nitrogens is 4. The average molecular weight is 353 g/mol. The zero-order valence-electron chi connectivity index (χ0n) is 13.5. The summed E-state index contributed by atoms with van der Waals surface area (Å²) in [6.45, 7) is 0.225. The van der Waals surface area contributed by atoms with Crippen molar-refractivity contribution in [2.45, 2.75) is 50.2 Å². The zero-order chi connectivity index (χ0) is 17.4. The summed E-state index contributed by atoms with van der Waals surface area (Å²) in [7, 11) is 0. The Hall–Kier alpha value is -1.88. The number of rotatable bonds is 4. The van der Waals surface area contributed by atoms with Crippen LogP contribution in [0.2, 0.25) is 0 Å². The number of nitrogen functional groups attached to an aromatic ring is 1. The molecule has 0 amide bonds. The molecule has 0 bridgehead atoms. The van der Waals surface area contributed by atoms with Gasteiger partial charge < -0.3 is 25.1 Å². The number of imidazole rings is 1. The maximum atomic E-state index is 15.1. The van der Waals surface area contributed by atoms with E-state index in [1.807, 2.05) is 0 Å². The van der Waals surface area contributed by atoms with Crippen LogP contribution in [-0.4, -0.2) is 62.5 Å². The van der Waals surface area contributed by atoms with E-state index in [2.05, 4.69) is 15.0 Å². The first kappa shape index (κ1) is 16.6. The molecule has 2 saturated heterocycles. The van der Waals surface area contributed by atoms with Crippen molar-refractivity contribution in [2.24, 2.45) is 0 Å². The smallest absolute Gasteiger partial charge is 0.174 e. The molecule has 9 nitrogen and oxygen atoms in total. The Morgan fingerprint density at radius 3 is 3.00 bits per heavy atom. The summed E-state index contributed by atoms with van der Waals surface area (Å²) in [6, 6.07) is 0. The number of nitrogens with zero attached hydrogens (tertiary/aromatic N) is 4. The first-order valence-electron chi connectivity index (χ1n) is 8.29. The van der Waals surface area contributed by atoms with Crippen molar-refractivity contribution in [3.8, 4) is 0 Å². The van der Waals surface area contributed by atoms with Crippen LogP contribution in [0.25, 0.3) is 11.2 Å². The lowest BCUT2D eigenvalue weighted by molar-refractivity contribution is -0.205. The van der Waals surface area contributed by atoms with E-state index >= 15 is 4.39 Å². The summed E-state index contributed by atoms with van der Waals surface area (Å²) in [5, 5.41) is 9.57. The number of aliphatic hydroxyl groups excluding tert-OH is 1. The Labute approximate surface area is 142 Å². The van der Waals surface area contributed by atoms with Crippen LogP contribution >= 0.6 is 0 Å². The van der Waals surface area contributed by atoms with Gasteiger partial charge in [0.05, 0.1) is 12.9 Å². The predicted octanol–water partition coefficient (Wildman–Crippen LogP) is 0.548. The molecule has 2 fully saturated rings. The molecule has 0 aromatic carbocycles. The summed E-state index contributed by atoms with van der Waals surface area (Å²) < 4.78 is 33.5. The largest absolute Gasteiger partial charge is 0.394 e. The minimum Gasteiger partial charge on any atom is -0.394 e. The molecule has 136 valence electrons. The van der Waals surface area contributed by atoms with E-state index in [-0.39, 0.29) is 12.4 Å². The van der Waals surface area contributed by atoms with E-state index in [0.29, 0.717) is 24.2 Å². The van der Waals surface area contributed by atoms with Gasteiger partial charge in [0, 0.05) is 6.61 Å². The van der Waals surface area contributed by atoms with Gasteiger partial charge in [-0.2, -0.15) is 0 Å². The molecule has 2 aliphatic heterocycles. The van der Waals surface area contributed by atoms with E-state index in [4.69, 9.17) is 19.9 Å². The third-order valence-electron chi connectivity index (χ3n) is 4.55. The lowest BCUT2D eigenvalue weighted by Gasteiger charge is -2.28. The fourth-order valence-corrected chi connectivity index (χ4v) is 3.28. The normalized spacial score (nSPS) is 33.1. The van der Waals surface area contributed by atoms with E-state index in [1.54, 1.807) is 0 Å². The summed E-state index contributed by atoms with van der Waals surface area (Å²) in [6.07, 6.45) is 0.555. The van der Waals surface area contributed by atoms with Crippen LogP contribution in [0.4, 0.5) is 10.2 Å². The second-order valence-electron chi connectivity index (χ2n) is 6.17. The topological polar surface area (TPSA) is 118 Å². The van der Waals surface area contributed by atoms with Gasteiger partial charge in [-0.05, 0) is 19.3 Å². The van der Waals surface area contributed by atoms with Crippen LogP contribution in [0.15, 0.2) is 12.7 Å². The predicted molar refractivity (Wildman–Crippen MR) is 84.1 cm³/mol. The Bertz CT molecular complexity index is 738. The zero-order valence-corrected chi connectivity index (χ0v) is 13.5. The summed E-state index contributed by atoms with van der Waals surface area (Å²) in [5.74, 6) is 0.208. The molecule has 5 atom stereocenters. The molecular weight excluding hydrogens is 333 g/mol. The van der Waals surface area contributed by atoms with Gasteiger partial charge in [-0.1, -0.05) is 0 Å². The van der Waals surface area contributed by atoms with Crippen molar-refractivity contribution in [3.63, 3.8) is 0 Å². The summed E-state index contributed by atoms with van der Waals surface area (Å²) >= 11 is 0. The highest BCUT2D eigenvalue weighted by atomic mass is 19.1. The molecule has 3 unspecified atom stereocenters. The molecule has 4 heterocycles. The lowest BCUT2D eigenvalue weighted by atomic mass is 10.1. The summed E-state index contributed by atoms with van der Waals surface area (Å²) in [5.41, 5.74) is 6.51. The SMILES string of the molecule is Nc1ncnc2c1ncn2[C@@H]1O[C@H](CO)C(OC2CCCCO2)C1F. The van der Waals surface area contributed by atoms with Crippen LogP contribution in [0.1, 0.15) is 25.5 Å². The summed E-state index contributed by atoms with van der Waals surface area (Å²) in [4.78, 5) is 12.1. The van der Waals surface area contributed by atoms with Gasteiger partial charge in [-0.3, -0.25) is 4.57 Å². The molecule has 0 aliphatic carbocycles. The average Bonchev–Trinajstić information content (AvgIpc) is 3.19. The van der Waals surface area contributed by atoms with Gasteiger partial charge in [0.2, 0.25) is 0 Å². The number of hydrogen-bond acceptors (Lipinski definition) is 8. The minimum absolute atomic E-state index is 0.208. The molecule has 25 heavy (non-hydrogen) atoms. The van der Waals surface area contributed by atoms with Gasteiger partial charge in [0.15, 0.2) is 30.2 Å². The third-order valence-corrected chi connectivity index (χ3v) is 4.55. The second kappa shape index (κ2) is 6.79. The molecule has 2 aromatic rings. The van der Waals surface area contributed by atoms with Crippen molar-refractivity contribution in [2.75, 3.05) is 18.9 Å². The molecule has 10 heteroatoms. The Balaban J connectivity index is 1.59. The Morgan fingerprint density at radius 1 is 1.36 bits per heavy atom. The van der Waals surface area contributed by atoms with Gasteiger partial charge in [0.25, 0.3) is 0 Å². The van der Waals surface area contributed by atoms with Crippen LogP contribution in [0.3, 0.4) is 0 Å². The number of nitrogens with two attached hydrogens (primary N) is 1. The first-order valence-corrected chi connectivity index (χ1v) is 8.29. The molecular formula is C15H20FN5O4. The van der Waals surface area contributed by atoms with Crippen LogP contribution in [-0.2, 0) is 14.2 Å². The number of ether oxygens (including phenoxy) is 3. The van der Waals surface area contributed by atoms with E-state index < -0.39 is 30.9 Å². The van der Waals surface area contributed by atoms with E-state index in [1.165, 1.54) is 17.2 Å². The number of anilines is 1. The molecule has 2 aromatic heterocycles. The Morgan fingerprint density at radius 2 is 2.24 bits per heavy atom. The quantitative estimate of drug-likeness (QED) is 0.818. The van der Waals surface area contributed by atoms with Crippen LogP contribution in [0.5, 0.6) is 0 Å². The fraction of sp³-hybridized carbons (Fsp3) is 0.667. The van der Waals surface area contributed by atoms with Crippen molar-refractivity contribution in [3.05, 3.63) is 12.7 Å². The second-order valence-corrected chi connectivity index (χ2v) is 6.17. The van der Waals surface area contributed by atoms with Crippen molar-refractivity contribution in [1.82, 2.24) is 19.5 Å². The van der Waals surface area contributed by atoms with Crippen molar-refractivity contribution >= 4 is 17.0 Å². The molecule has 4 rings (SSSR count). The van der Waals surface area contributed by atoms with Gasteiger partial charge in [-0.25, -0.2) is 19.3 Å². The van der Waals surface area contributed by atoms with Crippen molar-refractivity contribution in [1.29, 1.82) is 0 Å². The highest BCUT2D eigenvalue weighted by Crippen LogP contribution is 2.36. The van der Waals surface area contributed by atoms with E-state index in [9.17, 15) is 5.11 Å². The maximum absolute atomic E-state index is 15.1. The molecule has 0 radical (unpaired) electrons. The number of fused-ring (bicyclic) bond motifs is 1. The number of halogens is 1. The third kappa shape index (κ3) is 2.95. The van der Waals surface area contributed by atoms with Crippen LogP contribution < -0.4 is 5.73 Å². The number of hydrogen-bond donors (Lipinski definition) is 2. The van der Waals surface area contributed by atoms with E-state index in [0.717, 1.165) is 12.8 Å². The number of aliphatic hydroxyl groups is 1. The standard InChI is InChI=1S/C15H20FN5O4/c16-10-12(25-9-3-1-2-4-23-9)8(5-22)24-15(10)21-7-20-11-13(17)18-6-19-14(11)21/h6-10,12,15,22H,1-5H2,(H2,17,18,19)/t8-,9?,10?,12?,15-/m1/s1. The molecule has 2 aliphatic rings. The van der Waals surface area contributed by atoms with Gasteiger partial charge in [0.1, 0.15) is 24.1 Å². The highest BCUT2D eigenvalue weighted by molar-refractivity contribution is 5.81. The Kier molecular flexibility index (Phi) is 4.50. The van der Waals surface area contributed by atoms with Gasteiger partial charge >= 0.3 is 0 Å². The van der Waals surface area contributed by atoms with Crippen molar-refractivity contribution < 1.29 is 23.7 Å². The molecule has 3 N–H and O–H groups in total. The van der Waals surface area contributed by atoms with Crippen LogP contribution in [0, 0.1) is 0 Å². The molecule has 0 saturated carbocycles.